The molecule has 2 aliphatic rings. The van der Waals surface area contributed by atoms with Gasteiger partial charge in [-0.2, -0.15) is 0 Å². The predicted octanol–water partition coefficient (Wildman–Crippen LogP) is 2.51. The maximum absolute atomic E-state index is 12.3. The first-order valence-electron chi connectivity index (χ1n) is 9.50. The van der Waals surface area contributed by atoms with Crippen molar-refractivity contribution in [2.45, 2.75) is 32.3 Å². The van der Waals surface area contributed by atoms with Crippen molar-refractivity contribution in [2.75, 3.05) is 13.2 Å². The number of nitrogens with one attached hydrogen (secondary N) is 1. The Morgan fingerprint density at radius 1 is 1.24 bits per heavy atom. The van der Waals surface area contributed by atoms with Gasteiger partial charge < -0.3 is 14.2 Å². The number of carbonyl (C=O) groups is 3. The van der Waals surface area contributed by atoms with Crippen molar-refractivity contribution in [3.63, 3.8) is 0 Å². The van der Waals surface area contributed by atoms with Crippen molar-refractivity contribution in [1.82, 2.24) is 5.32 Å². The van der Waals surface area contributed by atoms with Crippen LogP contribution in [0.1, 0.15) is 33.5 Å². The largest absolute Gasteiger partial charge is 0.485 e. The molecule has 8 heteroatoms. The molecule has 4 rings (SSSR count). The fourth-order valence-electron chi connectivity index (χ4n) is 3.41. The fourth-order valence-corrected chi connectivity index (χ4v) is 4.51. The van der Waals surface area contributed by atoms with Gasteiger partial charge in [-0.05, 0) is 48.9 Å². The number of amides is 2. The van der Waals surface area contributed by atoms with E-state index < -0.39 is 30.5 Å². The summed E-state index contributed by atoms with van der Waals surface area (Å²) in [5.74, 6) is -0.304. The van der Waals surface area contributed by atoms with Gasteiger partial charge >= 0.3 is 5.97 Å². The molecule has 2 amide bonds. The Labute approximate surface area is 172 Å². The van der Waals surface area contributed by atoms with Crippen LogP contribution >= 0.6 is 11.3 Å². The molecule has 0 unspecified atom stereocenters. The van der Waals surface area contributed by atoms with Gasteiger partial charge in [-0.1, -0.05) is 19.1 Å². The van der Waals surface area contributed by atoms with Gasteiger partial charge in [0, 0.05) is 4.88 Å². The summed E-state index contributed by atoms with van der Waals surface area (Å²) in [6.45, 7) is 1.66. The number of ether oxygens (including phenoxy) is 3. The molecule has 1 N–H and O–H groups in total. The van der Waals surface area contributed by atoms with Crippen molar-refractivity contribution in [3.8, 4) is 11.5 Å². The van der Waals surface area contributed by atoms with Crippen LogP contribution in [0.5, 0.6) is 11.5 Å². The summed E-state index contributed by atoms with van der Waals surface area (Å²) in [5.41, 5.74) is 1.19. The van der Waals surface area contributed by atoms with Crippen molar-refractivity contribution < 1.29 is 28.6 Å². The van der Waals surface area contributed by atoms with Crippen LogP contribution in [0, 0.1) is 5.92 Å². The first-order chi connectivity index (χ1) is 14.0. The quantitative estimate of drug-likeness (QED) is 0.772. The Bertz CT molecular complexity index is 952. The molecule has 7 nitrogen and oxygen atoms in total. The molecule has 2 heterocycles. The first-order valence-corrected chi connectivity index (χ1v) is 10.3. The second kappa shape index (κ2) is 8.24. The molecule has 2 aromatic rings. The summed E-state index contributed by atoms with van der Waals surface area (Å²) in [5, 5.41) is 2.19. The first kappa shape index (κ1) is 19.4. The molecule has 0 fully saturated rings. The van der Waals surface area contributed by atoms with Gasteiger partial charge in [-0.25, -0.2) is 4.79 Å². The van der Waals surface area contributed by atoms with Crippen LogP contribution in [0.3, 0.4) is 0 Å². The van der Waals surface area contributed by atoms with Crippen LogP contribution < -0.4 is 14.8 Å². The van der Waals surface area contributed by atoms with E-state index >= 15 is 0 Å². The topological polar surface area (TPSA) is 90.9 Å². The zero-order valence-electron chi connectivity index (χ0n) is 15.9. The van der Waals surface area contributed by atoms with E-state index in [1.165, 1.54) is 21.8 Å². The number of esters is 1. The number of thiophene rings is 1. The van der Waals surface area contributed by atoms with Crippen molar-refractivity contribution in [3.05, 3.63) is 45.6 Å². The average Bonchev–Trinajstić information content (AvgIpc) is 3.15. The molecule has 1 aliphatic carbocycles. The number of carbonyl (C=O) groups excluding carboxylic acids is 3. The standard InChI is InChI=1S/C21H21NO6S/c1-12-6-7-17-13(8-12)9-18(29-17)21(25)27-11-19(23)22-20(24)16-10-26-14-4-2-3-5-15(14)28-16/h2-5,9,12,16H,6-8,10-11H2,1H3,(H,22,23,24)/t12-,16-/m0/s1. The molecule has 1 aliphatic heterocycles. The third kappa shape index (κ3) is 4.42. The fraction of sp³-hybridized carbons (Fsp3) is 0.381. The zero-order chi connectivity index (χ0) is 20.4. The number of fused-ring (bicyclic) bond motifs is 2. The van der Waals surface area contributed by atoms with E-state index in [0.29, 0.717) is 22.3 Å². The minimum absolute atomic E-state index is 0.00487. The summed E-state index contributed by atoms with van der Waals surface area (Å²) in [6, 6.07) is 8.82. The van der Waals surface area contributed by atoms with Gasteiger partial charge in [0.05, 0.1) is 0 Å². The lowest BCUT2D eigenvalue weighted by Gasteiger charge is -2.25. The van der Waals surface area contributed by atoms with Crippen LogP contribution in [-0.4, -0.2) is 37.1 Å². The van der Waals surface area contributed by atoms with Crippen LogP contribution in [0.15, 0.2) is 30.3 Å². The van der Waals surface area contributed by atoms with Gasteiger partial charge in [0.15, 0.2) is 18.1 Å². The highest BCUT2D eigenvalue weighted by atomic mass is 32.1. The summed E-state index contributed by atoms with van der Waals surface area (Å²) in [4.78, 5) is 38.2. The zero-order valence-corrected chi connectivity index (χ0v) is 16.8. The van der Waals surface area contributed by atoms with Gasteiger partial charge in [-0.15, -0.1) is 11.3 Å². The molecule has 152 valence electrons. The Morgan fingerprint density at radius 3 is 2.86 bits per heavy atom. The number of para-hydroxylation sites is 2. The molecule has 2 atom stereocenters. The third-order valence-corrected chi connectivity index (χ3v) is 6.15. The SMILES string of the molecule is C[C@H]1CCc2sc(C(=O)OCC(=O)NC(=O)[C@@H]3COc4ccccc4O3)cc2C1. The van der Waals surface area contributed by atoms with Gasteiger partial charge in [0.2, 0.25) is 6.10 Å². The van der Waals surface area contributed by atoms with Crippen LogP contribution in [-0.2, 0) is 27.2 Å². The second-order valence-corrected chi connectivity index (χ2v) is 8.40. The summed E-state index contributed by atoms with van der Waals surface area (Å²) >= 11 is 1.42. The molecular weight excluding hydrogens is 394 g/mol. The van der Waals surface area contributed by atoms with E-state index in [9.17, 15) is 14.4 Å². The summed E-state index contributed by atoms with van der Waals surface area (Å²) < 4.78 is 16.1. The minimum atomic E-state index is -0.949. The number of aryl methyl sites for hydroxylation is 1. The van der Waals surface area contributed by atoms with Gasteiger partial charge in [0.25, 0.3) is 11.8 Å². The number of hydrogen-bond acceptors (Lipinski definition) is 7. The predicted molar refractivity (Wildman–Crippen MR) is 105 cm³/mol. The Kier molecular flexibility index (Phi) is 5.53. The molecule has 0 radical (unpaired) electrons. The summed E-state index contributed by atoms with van der Waals surface area (Å²) in [6.07, 6.45) is 2.09. The van der Waals surface area contributed by atoms with Gasteiger partial charge in [-0.3, -0.25) is 14.9 Å². The average molecular weight is 415 g/mol. The number of hydrogen-bond donors (Lipinski definition) is 1. The third-order valence-electron chi connectivity index (χ3n) is 4.93. The molecule has 0 spiro atoms. The lowest BCUT2D eigenvalue weighted by atomic mass is 9.90. The minimum Gasteiger partial charge on any atom is -0.485 e. The van der Waals surface area contributed by atoms with Crippen LogP contribution in [0.25, 0.3) is 0 Å². The molecule has 1 aromatic heterocycles. The van der Waals surface area contributed by atoms with Gasteiger partial charge in [0.1, 0.15) is 11.5 Å². The lowest BCUT2D eigenvalue weighted by molar-refractivity contribution is -0.137. The highest BCUT2D eigenvalue weighted by molar-refractivity contribution is 7.14. The van der Waals surface area contributed by atoms with Crippen molar-refractivity contribution in [1.29, 1.82) is 0 Å². The van der Waals surface area contributed by atoms with E-state index in [2.05, 4.69) is 12.2 Å². The van der Waals surface area contributed by atoms with Crippen LogP contribution in [0.2, 0.25) is 0 Å². The van der Waals surface area contributed by atoms with Crippen LogP contribution in [0.4, 0.5) is 0 Å². The highest BCUT2D eigenvalue weighted by Gasteiger charge is 2.29. The summed E-state index contributed by atoms with van der Waals surface area (Å²) in [7, 11) is 0. The van der Waals surface area contributed by atoms with E-state index in [1.807, 2.05) is 6.07 Å². The molecule has 0 saturated carbocycles. The normalized spacial score (nSPS) is 19.8. The van der Waals surface area contributed by atoms with E-state index in [1.54, 1.807) is 24.3 Å². The van der Waals surface area contributed by atoms with E-state index in [0.717, 1.165) is 19.3 Å². The molecule has 1 aromatic carbocycles. The maximum Gasteiger partial charge on any atom is 0.348 e. The highest BCUT2D eigenvalue weighted by Crippen LogP contribution is 2.33. The molecule has 0 bridgehead atoms. The van der Waals surface area contributed by atoms with Crippen molar-refractivity contribution >= 4 is 29.1 Å². The Balaban J connectivity index is 1.27. The number of rotatable bonds is 4. The second-order valence-electron chi connectivity index (χ2n) is 7.26. The Hall–Kier alpha value is -2.87. The van der Waals surface area contributed by atoms with E-state index in [-0.39, 0.29) is 6.61 Å². The Morgan fingerprint density at radius 2 is 2.03 bits per heavy atom. The number of imide groups is 1. The van der Waals surface area contributed by atoms with E-state index in [4.69, 9.17) is 14.2 Å². The smallest absolute Gasteiger partial charge is 0.348 e. The number of benzene rings is 1. The van der Waals surface area contributed by atoms with Crippen molar-refractivity contribution in [2.24, 2.45) is 5.92 Å². The maximum atomic E-state index is 12.3. The molecular formula is C21H21NO6S. The molecule has 0 saturated heterocycles. The monoisotopic (exact) mass is 415 g/mol. The molecule has 29 heavy (non-hydrogen) atoms. The lowest BCUT2D eigenvalue weighted by Crippen LogP contribution is -2.47.